The third-order valence-electron chi connectivity index (χ3n) is 4.75. The van der Waals surface area contributed by atoms with Crippen LogP contribution in [0.1, 0.15) is 30.0 Å². The molecule has 0 saturated heterocycles. The highest BCUT2D eigenvalue weighted by molar-refractivity contribution is 7.13. The molecule has 4 rings (SSSR count). The van der Waals surface area contributed by atoms with Crippen LogP contribution < -0.4 is 5.32 Å². The van der Waals surface area contributed by atoms with Gasteiger partial charge in [0, 0.05) is 41.3 Å². The number of pyridine rings is 1. The fraction of sp³-hybridized carbons (Fsp3) is 0.286. The van der Waals surface area contributed by atoms with Crippen LogP contribution in [0, 0.1) is 5.92 Å². The Bertz CT molecular complexity index is 907. The van der Waals surface area contributed by atoms with Gasteiger partial charge >= 0.3 is 0 Å². The summed E-state index contributed by atoms with van der Waals surface area (Å²) >= 11 is 7.58. The largest absolute Gasteiger partial charge is 0.355 e. The van der Waals surface area contributed by atoms with Crippen LogP contribution >= 0.6 is 22.9 Å². The van der Waals surface area contributed by atoms with Gasteiger partial charge < -0.3 is 5.32 Å². The van der Waals surface area contributed by atoms with Crippen molar-refractivity contribution in [1.82, 2.24) is 15.3 Å². The summed E-state index contributed by atoms with van der Waals surface area (Å²) in [5, 5.41) is 6.80. The van der Waals surface area contributed by atoms with Crippen molar-refractivity contribution >= 4 is 28.8 Å². The molecular formula is C21H20ClN3OS. The molecule has 1 aromatic carbocycles. The molecule has 0 radical (unpaired) electrons. The maximum atomic E-state index is 12.8. The smallest absolute Gasteiger partial charge is 0.227 e. The van der Waals surface area contributed by atoms with Crippen molar-refractivity contribution in [3.05, 3.63) is 70.5 Å². The van der Waals surface area contributed by atoms with Crippen molar-refractivity contribution in [3.8, 4) is 10.6 Å². The molecule has 1 aliphatic carbocycles. The summed E-state index contributed by atoms with van der Waals surface area (Å²) in [4.78, 5) is 21.5. The Morgan fingerprint density at radius 1 is 1.26 bits per heavy atom. The van der Waals surface area contributed by atoms with E-state index in [2.05, 4.69) is 15.3 Å². The van der Waals surface area contributed by atoms with E-state index in [1.54, 1.807) is 17.5 Å². The summed E-state index contributed by atoms with van der Waals surface area (Å²) in [6.07, 6.45) is 6.52. The van der Waals surface area contributed by atoms with Crippen LogP contribution in [0.15, 0.2) is 54.2 Å². The summed E-state index contributed by atoms with van der Waals surface area (Å²) in [6, 6.07) is 11.6. The standard InChI is InChI=1S/C21H20ClN3OS/c22-17-7-5-15(6-8-17)19(14-3-4-14)20(26)24-11-9-18-13-27-21(25-18)16-2-1-10-23-12-16/h1-2,5-8,10,12-14,19H,3-4,9,11H2,(H,24,26). The fourth-order valence-corrected chi connectivity index (χ4v) is 4.18. The number of halogens is 1. The third kappa shape index (κ3) is 4.54. The molecule has 0 aliphatic heterocycles. The van der Waals surface area contributed by atoms with E-state index in [0.29, 0.717) is 17.5 Å². The van der Waals surface area contributed by atoms with Crippen LogP contribution in [-0.4, -0.2) is 22.4 Å². The highest BCUT2D eigenvalue weighted by Gasteiger charge is 2.37. The van der Waals surface area contributed by atoms with E-state index in [9.17, 15) is 4.79 Å². The first-order valence-electron chi connectivity index (χ1n) is 9.08. The summed E-state index contributed by atoms with van der Waals surface area (Å²) in [5.74, 6) is 0.467. The molecule has 27 heavy (non-hydrogen) atoms. The van der Waals surface area contributed by atoms with E-state index >= 15 is 0 Å². The van der Waals surface area contributed by atoms with E-state index in [1.165, 1.54) is 0 Å². The number of thiazole rings is 1. The molecule has 0 bridgehead atoms. The molecule has 1 aliphatic rings. The van der Waals surface area contributed by atoms with Crippen molar-refractivity contribution < 1.29 is 4.79 Å². The lowest BCUT2D eigenvalue weighted by Gasteiger charge is -2.16. The van der Waals surface area contributed by atoms with Crippen LogP contribution in [0.2, 0.25) is 5.02 Å². The fourth-order valence-electron chi connectivity index (χ4n) is 3.20. The van der Waals surface area contributed by atoms with Crippen molar-refractivity contribution in [2.24, 2.45) is 5.92 Å². The van der Waals surface area contributed by atoms with Gasteiger partial charge in [0.25, 0.3) is 0 Å². The lowest BCUT2D eigenvalue weighted by molar-refractivity contribution is -0.123. The summed E-state index contributed by atoms with van der Waals surface area (Å²) in [7, 11) is 0. The van der Waals surface area contributed by atoms with Crippen molar-refractivity contribution in [2.45, 2.75) is 25.2 Å². The first-order valence-corrected chi connectivity index (χ1v) is 10.3. The predicted octanol–water partition coefficient (Wildman–Crippen LogP) is 4.71. The van der Waals surface area contributed by atoms with Crippen LogP contribution in [0.4, 0.5) is 0 Å². The lowest BCUT2D eigenvalue weighted by atomic mass is 9.93. The number of nitrogens with one attached hydrogen (secondary N) is 1. The van der Waals surface area contributed by atoms with Crippen LogP contribution in [0.3, 0.4) is 0 Å². The Kier molecular flexibility index (Phi) is 5.50. The zero-order valence-corrected chi connectivity index (χ0v) is 16.3. The van der Waals surface area contributed by atoms with E-state index in [0.717, 1.165) is 41.1 Å². The van der Waals surface area contributed by atoms with E-state index < -0.39 is 0 Å². The molecule has 4 nitrogen and oxygen atoms in total. The second kappa shape index (κ2) is 8.19. The van der Waals surface area contributed by atoms with Gasteiger partial charge in [0.15, 0.2) is 0 Å². The van der Waals surface area contributed by atoms with Gasteiger partial charge in [-0.3, -0.25) is 9.78 Å². The van der Waals surface area contributed by atoms with Crippen molar-refractivity contribution in [1.29, 1.82) is 0 Å². The molecule has 1 amide bonds. The average molecular weight is 398 g/mol. The highest BCUT2D eigenvalue weighted by atomic mass is 35.5. The molecule has 3 aromatic rings. The molecule has 2 aromatic heterocycles. The Balaban J connectivity index is 1.35. The number of hydrogen-bond acceptors (Lipinski definition) is 4. The third-order valence-corrected chi connectivity index (χ3v) is 5.94. The number of rotatable bonds is 7. The highest BCUT2D eigenvalue weighted by Crippen LogP contribution is 2.42. The Morgan fingerprint density at radius 2 is 2.07 bits per heavy atom. The van der Waals surface area contributed by atoms with E-state index in [1.807, 2.05) is 48.0 Å². The Hall–Kier alpha value is -2.24. The van der Waals surface area contributed by atoms with Gasteiger partial charge in [0.05, 0.1) is 11.6 Å². The number of aromatic nitrogens is 2. The Morgan fingerprint density at radius 3 is 2.78 bits per heavy atom. The monoisotopic (exact) mass is 397 g/mol. The van der Waals surface area contributed by atoms with E-state index in [-0.39, 0.29) is 11.8 Å². The van der Waals surface area contributed by atoms with Gasteiger partial charge in [-0.15, -0.1) is 11.3 Å². The molecule has 1 saturated carbocycles. The zero-order valence-electron chi connectivity index (χ0n) is 14.8. The van der Waals surface area contributed by atoms with Crippen LogP contribution in [0.25, 0.3) is 10.6 Å². The van der Waals surface area contributed by atoms with Gasteiger partial charge in [-0.25, -0.2) is 4.98 Å². The predicted molar refractivity (Wildman–Crippen MR) is 109 cm³/mol. The minimum atomic E-state index is -0.0799. The number of hydrogen-bond donors (Lipinski definition) is 1. The number of benzene rings is 1. The average Bonchev–Trinajstić information content (AvgIpc) is 3.41. The topological polar surface area (TPSA) is 54.9 Å². The van der Waals surface area contributed by atoms with Crippen LogP contribution in [0.5, 0.6) is 0 Å². The van der Waals surface area contributed by atoms with Gasteiger partial charge in [-0.05, 0) is 48.6 Å². The Labute approximate surface area is 167 Å². The van der Waals surface area contributed by atoms with E-state index in [4.69, 9.17) is 11.6 Å². The van der Waals surface area contributed by atoms with Gasteiger partial charge in [-0.1, -0.05) is 23.7 Å². The second-order valence-corrected chi connectivity index (χ2v) is 8.09. The van der Waals surface area contributed by atoms with Gasteiger partial charge in [0.2, 0.25) is 5.91 Å². The molecule has 1 atom stereocenters. The molecule has 1 N–H and O–H groups in total. The normalized spacial score (nSPS) is 14.7. The molecule has 2 heterocycles. The van der Waals surface area contributed by atoms with Gasteiger partial charge in [-0.2, -0.15) is 0 Å². The molecular weight excluding hydrogens is 378 g/mol. The summed E-state index contributed by atoms with van der Waals surface area (Å²) in [5.41, 5.74) is 3.06. The number of carbonyl (C=O) groups excluding carboxylic acids is 1. The summed E-state index contributed by atoms with van der Waals surface area (Å²) in [6.45, 7) is 0.589. The molecule has 1 unspecified atom stereocenters. The number of carbonyl (C=O) groups is 1. The van der Waals surface area contributed by atoms with Gasteiger partial charge in [0.1, 0.15) is 5.01 Å². The van der Waals surface area contributed by atoms with Crippen molar-refractivity contribution in [3.63, 3.8) is 0 Å². The first kappa shape index (κ1) is 18.1. The second-order valence-electron chi connectivity index (χ2n) is 6.79. The maximum Gasteiger partial charge on any atom is 0.227 e. The van der Waals surface area contributed by atoms with Crippen molar-refractivity contribution in [2.75, 3.05) is 6.54 Å². The lowest BCUT2D eigenvalue weighted by Crippen LogP contribution is -2.32. The minimum absolute atomic E-state index is 0.0799. The number of nitrogens with zero attached hydrogens (tertiary/aromatic N) is 2. The molecule has 6 heteroatoms. The minimum Gasteiger partial charge on any atom is -0.355 e. The zero-order chi connectivity index (χ0) is 18.6. The molecule has 0 spiro atoms. The maximum absolute atomic E-state index is 12.8. The molecule has 1 fully saturated rings. The summed E-state index contributed by atoms with van der Waals surface area (Å²) < 4.78 is 0. The van der Waals surface area contributed by atoms with Crippen LogP contribution in [-0.2, 0) is 11.2 Å². The number of amides is 1. The first-order chi connectivity index (χ1) is 13.2. The quantitative estimate of drug-likeness (QED) is 0.628. The molecule has 138 valence electrons. The SMILES string of the molecule is O=C(NCCc1csc(-c2cccnc2)n1)C(c1ccc(Cl)cc1)C1CC1.